The molecule has 0 spiro atoms. The molecule has 0 aliphatic heterocycles. The summed E-state index contributed by atoms with van der Waals surface area (Å²) in [6.07, 6.45) is 0.742. The van der Waals surface area contributed by atoms with Gasteiger partial charge in [-0.25, -0.2) is 4.98 Å². The Bertz CT molecular complexity index is 575. The van der Waals surface area contributed by atoms with Crippen LogP contribution in [0.25, 0.3) is 0 Å². The van der Waals surface area contributed by atoms with Gasteiger partial charge in [-0.3, -0.25) is 9.78 Å². The predicted octanol–water partition coefficient (Wildman–Crippen LogP) is 2.38. The molecule has 17 heavy (non-hydrogen) atoms. The highest BCUT2D eigenvalue weighted by atomic mass is 16.1. The van der Waals surface area contributed by atoms with Gasteiger partial charge in [0.25, 0.3) is 5.56 Å². The summed E-state index contributed by atoms with van der Waals surface area (Å²) in [4.78, 5) is 18.4. The summed E-state index contributed by atoms with van der Waals surface area (Å²) in [6, 6.07) is 9.43. The molecule has 0 saturated heterocycles. The molecule has 4 nitrogen and oxygen atoms in total. The Morgan fingerprint density at radius 1 is 1.35 bits per heavy atom. The van der Waals surface area contributed by atoms with Crippen LogP contribution in [0.15, 0.2) is 35.1 Å². The highest BCUT2D eigenvalue weighted by Gasteiger charge is 2.00. The second-order valence-corrected chi connectivity index (χ2v) is 3.93. The van der Waals surface area contributed by atoms with E-state index in [4.69, 9.17) is 0 Å². The van der Waals surface area contributed by atoms with Crippen LogP contribution in [-0.4, -0.2) is 9.97 Å². The van der Waals surface area contributed by atoms with Crippen LogP contribution in [0.3, 0.4) is 0 Å². The summed E-state index contributed by atoms with van der Waals surface area (Å²) in [5.74, 6) is 0.486. The number of nitrogens with zero attached hydrogens (tertiary/aromatic N) is 1. The van der Waals surface area contributed by atoms with E-state index in [1.54, 1.807) is 0 Å². The molecule has 88 valence electrons. The van der Waals surface area contributed by atoms with Crippen molar-refractivity contribution in [2.75, 3.05) is 5.32 Å². The van der Waals surface area contributed by atoms with Crippen LogP contribution in [-0.2, 0) is 6.42 Å². The molecule has 0 aliphatic rings. The second kappa shape index (κ2) is 4.82. The van der Waals surface area contributed by atoms with Crippen LogP contribution in [0.4, 0.5) is 11.6 Å². The van der Waals surface area contributed by atoms with Crippen LogP contribution < -0.4 is 10.9 Å². The van der Waals surface area contributed by atoms with E-state index in [0.29, 0.717) is 5.95 Å². The predicted molar refractivity (Wildman–Crippen MR) is 68.7 cm³/mol. The zero-order valence-electron chi connectivity index (χ0n) is 9.95. The fourth-order valence-electron chi connectivity index (χ4n) is 1.61. The summed E-state index contributed by atoms with van der Waals surface area (Å²) >= 11 is 0. The minimum Gasteiger partial charge on any atom is -0.326 e. The fourth-order valence-corrected chi connectivity index (χ4v) is 1.61. The molecule has 0 amide bonds. The summed E-state index contributed by atoms with van der Waals surface area (Å²) in [5, 5.41) is 3.09. The van der Waals surface area contributed by atoms with E-state index in [0.717, 1.165) is 23.4 Å². The van der Waals surface area contributed by atoms with Gasteiger partial charge in [-0.15, -0.1) is 0 Å². The van der Waals surface area contributed by atoms with E-state index >= 15 is 0 Å². The highest BCUT2D eigenvalue weighted by molar-refractivity contribution is 5.54. The highest BCUT2D eigenvalue weighted by Crippen LogP contribution is 2.13. The third kappa shape index (κ3) is 2.93. The topological polar surface area (TPSA) is 57.8 Å². The van der Waals surface area contributed by atoms with Gasteiger partial charge in [0.15, 0.2) is 0 Å². The molecule has 2 N–H and O–H groups in total. The van der Waals surface area contributed by atoms with Crippen molar-refractivity contribution >= 4 is 11.6 Å². The number of benzene rings is 1. The normalized spacial score (nSPS) is 10.2. The van der Waals surface area contributed by atoms with Gasteiger partial charge in [-0.2, -0.15) is 0 Å². The number of H-pyrrole nitrogens is 1. The minimum atomic E-state index is -0.132. The van der Waals surface area contributed by atoms with Gasteiger partial charge in [-0.05, 0) is 31.0 Å². The maximum absolute atomic E-state index is 11.4. The Morgan fingerprint density at radius 3 is 2.88 bits per heavy atom. The zero-order valence-corrected chi connectivity index (χ0v) is 9.95. The maximum atomic E-state index is 11.4. The van der Waals surface area contributed by atoms with Crippen molar-refractivity contribution in [3.8, 4) is 0 Å². The molecule has 0 unspecified atom stereocenters. The van der Waals surface area contributed by atoms with E-state index in [-0.39, 0.29) is 5.56 Å². The van der Waals surface area contributed by atoms with E-state index < -0.39 is 0 Å². The zero-order chi connectivity index (χ0) is 12.3. The molecule has 0 atom stereocenters. The number of hydrogen-bond donors (Lipinski definition) is 2. The number of hydrogen-bond acceptors (Lipinski definition) is 3. The fraction of sp³-hybridized carbons (Fsp3) is 0.231. The van der Waals surface area contributed by atoms with Gasteiger partial charge in [0, 0.05) is 17.4 Å². The molecule has 1 aromatic carbocycles. The smallest absolute Gasteiger partial charge is 0.252 e. The molecule has 2 aromatic rings. The third-order valence-corrected chi connectivity index (χ3v) is 2.44. The molecule has 2 rings (SSSR count). The van der Waals surface area contributed by atoms with Crippen molar-refractivity contribution in [3.63, 3.8) is 0 Å². The lowest BCUT2D eigenvalue weighted by atomic mass is 10.2. The van der Waals surface area contributed by atoms with Crippen molar-refractivity contribution in [3.05, 3.63) is 51.9 Å². The lowest BCUT2D eigenvalue weighted by Crippen LogP contribution is -2.11. The Kier molecular flexibility index (Phi) is 3.23. The molecular formula is C13H15N3O. The molecule has 1 aromatic heterocycles. The molecule has 0 radical (unpaired) electrons. The van der Waals surface area contributed by atoms with Gasteiger partial charge in [-0.1, -0.05) is 19.1 Å². The van der Waals surface area contributed by atoms with Gasteiger partial charge in [0.05, 0.1) is 0 Å². The van der Waals surface area contributed by atoms with Crippen molar-refractivity contribution in [2.24, 2.45) is 0 Å². The molecule has 4 heteroatoms. The molecule has 0 saturated carbocycles. The first kappa shape index (κ1) is 11.4. The van der Waals surface area contributed by atoms with Gasteiger partial charge < -0.3 is 5.32 Å². The largest absolute Gasteiger partial charge is 0.326 e. The second-order valence-electron chi connectivity index (χ2n) is 3.93. The number of anilines is 2. The number of aryl methyl sites for hydroxylation is 2. The standard InChI is InChI=1S/C13H15N3O/c1-3-10-8-12(17)16-13(14-10)15-11-6-4-5-9(2)7-11/h4-8H,3H2,1-2H3,(H2,14,15,16,17). The van der Waals surface area contributed by atoms with Crippen molar-refractivity contribution in [1.29, 1.82) is 0 Å². The summed E-state index contributed by atoms with van der Waals surface area (Å²) in [6.45, 7) is 3.99. The molecule has 1 heterocycles. The van der Waals surface area contributed by atoms with Crippen LogP contribution in [0, 0.1) is 6.92 Å². The molecule has 0 bridgehead atoms. The SMILES string of the molecule is CCc1cc(=O)[nH]c(Nc2cccc(C)c2)n1. The number of rotatable bonds is 3. The lowest BCUT2D eigenvalue weighted by Gasteiger charge is -2.06. The van der Waals surface area contributed by atoms with E-state index in [9.17, 15) is 4.79 Å². The minimum absolute atomic E-state index is 0.132. The maximum Gasteiger partial charge on any atom is 0.252 e. The molecular weight excluding hydrogens is 214 g/mol. The van der Waals surface area contributed by atoms with E-state index in [2.05, 4.69) is 15.3 Å². The van der Waals surface area contributed by atoms with E-state index in [1.807, 2.05) is 38.1 Å². The van der Waals surface area contributed by atoms with Crippen LogP contribution in [0.5, 0.6) is 0 Å². The first-order valence-electron chi connectivity index (χ1n) is 5.61. The Labute approximate surface area is 99.7 Å². The van der Waals surface area contributed by atoms with Crippen molar-refractivity contribution in [1.82, 2.24) is 9.97 Å². The summed E-state index contributed by atoms with van der Waals surface area (Å²) < 4.78 is 0. The van der Waals surface area contributed by atoms with Crippen molar-refractivity contribution < 1.29 is 0 Å². The van der Waals surface area contributed by atoms with Crippen LogP contribution in [0.2, 0.25) is 0 Å². The van der Waals surface area contributed by atoms with Crippen molar-refractivity contribution in [2.45, 2.75) is 20.3 Å². The van der Waals surface area contributed by atoms with Gasteiger partial charge in [0.1, 0.15) is 0 Å². The number of aromatic amines is 1. The number of aromatic nitrogens is 2. The Hall–Kier alpha value is -2.10. The number of nitrogens with one attached hydrogen (secondary N) is 2. The Morgan fingerprint density at radius 2 is 2.18 bits per heavy atom. The van der Waals surface area contributed by atoms with Crippen LogP contribution in [0.1, 0.15) is 18.2 Å². The molecule has 0 aliphatic carbocycles. The summed E-state index contributed by atoms with van der Waals surface area (Å²) in [7, 11) is 0. The third-order valence-electron chi connectivity index (χ3n) is 2.44. The first-order chi connectivity index (χ1) is 8.17. The lowest BCUT2D eigenvalue weighted by molar-refractivity contribution is 0.986. The molecule has 0 fully saturated rings. The van der Waals surface area contributed by atoms with Gasteiger partial charge in [0.2, 0.25) is 5.95 Å². The summed E-state index contributed by atoms with van der Waals surface area (Å²) in [5.41, 5.74) is 2.72. The average molecular weight is 229 g/mol. The van der Waals surface area contributed by atoms with Gasteiger partial charge >= 0.3 is 0 Å². The average Bonchev–Trinajstić information content (AvgIpc) is 2.28. The van der Waals surface area contributed by atoms with E-state index in [1.165, 1.54) is 6.07 Å². The first-order valence-corrected chi connectivity index (χ1v) is 5.61. The monoisotopic (exact) mass is 229 g/mol. The Balaban J connectivity index is 2.29. The van der Waals surface area contributed by atoms with Crippen LogP contribution >= 0.6 is 0 Å². The quantitative estimate of drug-likeness (QED) is 0.849.